The molecule has 0 atom stereocenters. The average Bonchev–Trinajstić information content (AvgIpc) is 2.73. The van der Waals surface area contributed by atoms with Crippen LogP contribution >= 0.6 is 0 Å². The van der Waals surface area contributed by atoms with Crippen molar-refractivity contribution in [3.8, 4) is 0 Å². The molecule has 0 unspecified atom stereocenters. The van der Waals surface area contributed by atoms with Crippen molar-refractivity contribution < 1.29 is 0 Å². The first-order chi connectivity index (χ1) is 8.30. The van der Waals surface area contributed by atoms with Crippen molar-refractivity contribution in [1.82, 2.24) is 14.7 Å². The fourth-order valence-corrected chi connectivity index (χ4v) is 2.09. The van der Waals surface area contributed by atoms with Crippen molar-refractivity contribution in [1.29, 1.82) is 0 Å². The van der Waals surface area contributed by atoms with E-state index in [2.05, 4.69) is 48.8 Å². The van der Waals surface area contributed by atoms with Crippen LogP contribution < -0.4 is 5.32 Å². The van der Waals surface area contributed by atoms with Crippen molar-refractivity contribution in [2.75, 3.05) is 6.54 Å². The second-order valence-corrected chi connectivity index (χ2v) is 4.25. The highest BCUT2D eigenvalue weighted by molar-refractivity contribution is 5.54. The molecule has 0 bridgehead atoms. The van der Waals surface area contributed by atoms with Crippen molar-refractivity contribution in [3.63, 3.8) is 0 Å². The van der Waals surface area contributed by atoms with Crippen LogP contribution in [0, 0.1) is 0 Å². The molecule has 3 heteroatoms. The normalized spacial score (nSPS) is 11.2. The minimum Gasteiger partial charge on any atom is -0.311 e. The van der Waals surface area contributed by atoms with Gasteiger partial charge in [0, 0.05) is 19.2 Å². The summed E-state index contributed by atoms with van der Waals surface area (Å²) in [4.78, 5) is 4.72. The molecule has 17 heavy (non-hydrogen) atoms. The Morgan fingerprint density at radius 2 is 2.00 bits per heavy atom. The molecule has 0 saturated carbocycles. The number of fused-ring (bicyclic) bond motifs is 1. The van der Waals surface area contributed by atoms with Crippen molar-refractivity contribution in [3.05, 3.63) is 35.4 Å². The number of rotatable bonds is 5. The van der Waals surface area contributed by atoms with Crippen LogP contribution in [0.1, 0.15) is 37.9 Å². The van der Waals surface area contributed by atoms with E-state index in [0.29, 0.717) is 0 Å². The van der Waals surface area contributed by atoms with Crippen LogP contribution in [-0.2, 0) is 19.4 Å². The first kappa shape index (κ1) is 12.1. The summed E-state index contributed by atoms with van der Waals surface area (Å²) in [5.41, 5.74) is 3.76. The van der Waals surface area contributed by atoms with Crippen LogP contribution in [0.2, 0.25) is 0 Å². The average molecular weight is 231 g/mol. The summed E-state index contributed by atoms with van der Waals surface area (Å²) in [6.07, 6.45) is 4.26. The quantitative estimate of drug-likeness (QED) is 0.857. The third-order valence-electron chi connectivity index (χ3n) is 3.11. The van der Waals surface area contributed by atoms with Crippen molar-refractivity contribution >= 4 is 5.52 Å². The molecular formula is C14H21N3. The van der Waals surface area contributed by atoms with Crippen LogP contribution in [0.15, 0.2) is 18.3 Å². The molecule has 0 fully saturated rings. The largest absolute Gasteiger partial charge is 0.311 e. The number of aromatic nitrogens is 2. The van der Waals surface area contributed by atoms with Gasteiger partial charge >= 0.3 is 0 Å². The van der Waals surface area contributed by atoms with E-state index in [1.807, 2.05) is 0 Å². The smallest absolute Gasteiger partial charge is 0.113 e. The Hall–Kier alpha value is -1.35. The van der Waals surface area contributed by atoms with Crippen molar-refractivity contribution in [2.45, 2.75) is 40.2 Å². The molecular weight excluding hydrogens is 210 g/mol. The van der Waals surface area contributed by atoms with Crippen LogP contribution in [0.3, 0.4) is 0 Å². The lowest BCUT2D eigenvalue weighted by Gasteiger charge is -2.02. The van der Waals surface area contributed by atoms with Crippen LogP contribution in [0.25, 0.3) is 5.52 Å². The van der Waals surface area contributed by atoms with Gasteiger partial charge in [0.15, 0.2) is 0 Å². The highest BCUT2D eigenvalue weighted by Gasteiger charge is 2.09. The highest BCUT2D eigenvalue weighted by atomic mass is 15.0. The van der Waals surface area contributed by atoms with Gasteiger partial charge in [-0.1, -0.05) is 26.8 Å². The molecule has 0 radical (unpaired) electrons. The zero-order valence-corrected chi connectivity index (χ0v) is 11.0. The van der Waals surface area contributed by atoms with E-state index >= 15 is 0 Å². The van der Waals surface area contributed by atoms with Crippen molar-refractivity contribution in [2.24, 2.45) is 0 Å². The maximum absolute atomic E-state index is 4.72. The Morgan fingerprint density at radius 1 is 1.18 bits per heavy atom. The van der Waals surface area contributed by atoms with Crippen LogP contribution in [0.5, 0.6) is 0 Å². The minimum atomic E-state index is 0.853. The Bertz CT molecular complexity index is 499. The van der Waals surface area contributed by atoms with Gasteiger partial charge in [-0.2, -0.15) is 0 Å². The van der Waals surface area contributed by atoms with Gasteiger partial charge in [0.1, 0.15) is 5.82 Å². The molecule has 2 aromatic rings. The Kier molecular flexibility index (Phi) is 3.79. The lowest BCUT2D eigenvalue weighted by atomic mass is 10.2. The van der Waals surface area contributed by atoms with E-state index < -0.39 is 0 Å². The number of hydrogen-bond acceptors (Lipinski definition) is 2. The molecule has 3 nitrogen and oxygen atoms in total. The fraction of sp³-hybridized carbons (Fsp3) is 0.500. The van der Waals surface area contributed by atoms with E-state index in [0.717, 1.165) is 37.4 Å². The molecule has 0 aliphatic rings. The second-order valence-electron chi connectivity index (χ2n) is 4.25. The third-order valence-corrected chi connectivity index (χ3v) is 3.11. The SMILES string of the molecule is CCNCc1nc(CC)n2cc(CC)ccc12. The standard InChI is InChI=1S/C14H21N3/c1-4-11-7-8-13-12(9-15-6-3)16-14(5-2)17(13)10-11/h7-8,10,15H,4-6,9H2,1-3H3. The summed E-state index contributed by atoms with van der Waals surface area (Å²) < 4.78 is 2.24. The number of nitrogens with zero attached hydrogens (tertiary/aromatic N) is 2. The van der Waals surface area contributed by atoms with E-state index in [-0.39, 0.29) is 0 Å². The molecule has 2 heterocycles. The summed E-state index contributed by atoms with van der Waals surface area (Å²) in [5, 5.41) is 3.35. The van der Waals surface area contributed by atoms with E-state index in [1.165, 1.54) is 11.1 Å². The minimum absolute atomic E-state index is 0.853. The predicted molar refractivity (Wildman–Crippen MR) is 71.3 cm³/mol. The summed E-state index contributed by atoms with van der Waals surface area (Å²) >= 11 is 0. The zero-order chi connectivity index (χ0) is 12.3. The number of aryl methyl sites for hydroxylation is 2. The van der Waals surface area contributed by atoms with Gasteiger partial charge in [0.05, 0.1) is 11.2 Å². The fourth-order valence-electron chi connectivity index (χ4n) is 2.09. The second kappa shape index (κ2) is 5.32. The summed E-state index contributed by atoms with van der Waals surface area (Å²) in [7, 11) is 0. The Labute approximate surface area is 103 Å². The van der Waals surface area contributed by atoms with Gasteiger partial charge in [0.2, 0.25) is 0 Å². The van der Waals surface area contributed by atoms with E-state index in [9.17, 15) is 0 Å². The number of nitrogens with one attached hydrogen (secondary N) is 1. The molecule has 0 spiro atoms. The molecule has 0 aromatic carbocycles. The summed E-state index contributed by atoms with van der Waals surface area (Å²) in [6.45, 7) is 8.29. The Morgan fingerprint density at radius 3 is 2.65 bits per heavy atom. The molecule has 0 aliphatic heterocycles. The first-order valence-electron chi connectivity index (χ1n) is 6.49. The van der Waals surface area contributed by atoms with Gasteiger partial charge in [-0.25, -0.2) is 4.98 Å². The predicted octanol–water partition coefficient (Wildman–Crippen LogP) is 2.57. The summed E-state index contributed by atoms with van der Waals surface area (Å²) in [5.74, 6) is 1.16. The van der Waals surface area contributed by atoms with E-state index in [1.54, 1.807) is 0 Å². The molecule has 1 N–H and O–H groups in total. The number of imidazole rings is 1. The number of hydrogen-bond donors (Lipinski definition) is 1. The lowest BCUT2D eigenvalue weighted by Crippen LogP contribution is -2.12. The maximum Gasteiger partial charge on any atom is 0.113 e. The molecule has 2 rings (SSSR count). The molecule has 92 valence electrons. The van der Waals surface area contributed by atoms with Crippen LogP contribution in [-0.4, -0.2) is 15.9 Å². The Balaban J connectivity index is 2.48. The van der Waals surface area contributed by atoms with E-state index in [4.69, 9.17) is 4.98 Å². The zero-order valence-electron chi connectivity index (χ0n) is 11.0. The monoisotopic (exact) mass is 231 g/mol. The molecule has 0 amide bonds. The topological polar surface area (TPSA) is 29.3 Å². The molecule has 0 saturated heterocycles. The third kappa shape index (κ3) is 2.34. The highest BCUT2D eigenvalue weighted by Crippen LogP contribution is 2.15. The molecule has 2 aromatic heterocycles. The van der Waals surface area contributed by atoms with Gasteiger partial charge in [-0.3, -0.25) is 0 Å². The van der Waals surface area contributed by atoms with Gasteiger partial charge < -0.3 is 9.72 Å². The van der Waals surface area contributed by atoms with Gasteiger partial charge in [-0.05, 0) is 24.6 Å². The molecule has 0 aliphatic carbocycles. The van der Waals surface area contributed by atoms with Crippen LogP contribution in [0.4, 0.5) is 0 Å². The first-order valence-corrected chi connectivity index (χ1v) is 6.49. The lowest BCUT2D eigenvalue weighted by molar-refractivity contribution is 0.715. The van der Waals surface area contributed by atoms with Gasteiger partial charge in [-0.15, -0.1) is 0 Å². The van der Waals surface area contributed by atoms with Gasteiger partial charge in [0.25, 0.3) is 0 Å². The number of pyridine rings is 1. The maximum atomic E-state index is 4.72. The summed E-state index contributed by atoms with van der Waals surface area (Å²) in [6, 6.07) is 4.39.